The van der Waals surface area contributed by atoms with Gasteiger partial charge in [0.15, 0.2) is 5.82 Å². The number of ether oxygens (including phenoxy) is 1. The molecule has 2 N–H and O–H groups in total. The molecule has 3 amide bonds. The highest BCUT2D eigenvalue weighted by Gasteiger charge is 2.17. The number of hydrogen-bond acceptors (Lipinski definition) is 5. The first-order valence-corrected chi connectivity index (χ1v) is 7.95. The largest absolute Gasteiger partial charge is 0.497 e. The van der Waals surface area contributed by atoms with Crippen LogP contribution in [0.4, 0.5) is 16.3 Å². The Balaban J connectivity index is 1.97. The van der Waals surface area contributed by atoms with Gasteiger partial charge in [-0.25, -0.2) is 4.79 Å². The highest BCUT2D eigenvalue weighted by molar-refractivity contribution is 5.96. The van der Waals surface area contributed by atoms with Gasteiger partial charge < -0.3 is 24.8 Å². The third-order valence-corrected chi connectivity index (χ3v) is 3.33. The number of carbonyl (C=O) groups is 2. The number of aryl methyl sites for hydroxylation is 1. The summed E-state index contributed by atoms with van der Waals surface area (Å²) in [5.41, 5.74) is 0.595. The molecule has 0 aliphatic rings. The number of hydrogen-bond donors (Lipinski definition) is 2. The van der Waals surface area contributed by atoms with Gasteiger partial charge in [-0.15, -0.1) is 0 Å². The van der Waals surface area contributed by atoms with E-state index < -0.39 is 0 Å². The SMILES string of the molecule is CCCN(CC(=O)Nc1cc(C)on1)C(=O)Nc1cccc(OC)c1. The van der Waals surface area contributed by atoms with Gasteiger partial charge in [-0.2, -0.15) is 0 Å². The van der Waals surface area contributed by atoms with Crippen LogP contribution in [0.5, 0.6) is 5.75 Å². The highest BCUT2D eigenvalue weighted by atomic mass is 16.5. The van der Waals surface area contributed by atoms with E-state index >= 15 is 0 Å². The summed E-state index contributed by atoms with van der Waals surface area (Å²) in [7, 11) is 1.56. The minimum Gasteiger partial charge on any atom is -0.497 e. The molecule has 0 radical (unpaired) electrons. The molecule has 134 valence electrons. The Hall–Kier alpha value is -3.03. The Kier molecular flexibility index (Phi) is 6.39. The summed E-state index contributed by atoms with van der Waals surface area (Å²) in [5.74, 6) is 1.21. The molecule has 0 fully saturated rings. The summed E-state index contributed by atoms with van der Waals surface area (Å²) in [6.07, 6.45) is 0.724. The fourth-order valence-corrected chi connectivity index (χ4v) is 2.21. The average Bonchev–Trinajstić information content (AvgIpc) is 2.99. The lowest BCUT2D eigenvalue weighted by Gasteiger charge is -2.22. The maximum atomic E-state index is 12.5. The monoisotopic (exact) mass is 346 g/mol. The third kappa shape index (κ3) is 5.52. The van der Waals surface area contributed by atoms with Crippen molar-refractivity contribution in [3.63, 3.8) is 0 Å². The van der Waals surface area contributed by atoms with Gasteiger partial charge in [0.1, 0.15) is 18.1 Å². The number of urea groups is 1. The molecule has 0 unspecified atom stereocenters. The van der Waals surface area contributed by atoms with Crippen molar-refractivity contribution in [3.8, 4) is 5.75 Å². The van der Waals surface area contributed by atoms with E-state index in [1.807, 2.05) is 6.92 Å². The van der Waals surface area contributed by atoms with Gasteiger partial charge in [-0.1, -0.05) is 18.1 Å². The molecule has 0 saturated carbocycles. The number of amides is 3. The number of nitrogens with one attached hydrogen (secondary N) is 2. The zero-order chi connectivity index (χ0) is 18.2. The number of anilines is 2. The van der Waals surface area contributed by atoms with Gasteiger partial charge >= 0.3 is 6.03 Å². The van der Waals surface area contributed by atoms with Crippen molar-refractivity contribution in [2.45, 2.75) is 20.3 Å². The molecule has 0 saturated heterocycles. The first-order valence-electron chi connectivity index (χ1n) is 7.95. The maximum absolute atomic E-state index is 12.5. The predicted molar refractivity (Wildman–Crippen MR) is 93.7 cm³/mol. The lowest BCUT2D eigenvalue weighted by atomic mass is 10.3. The predicted octanol–water partition coefficient (Wildman–Crippen LogP) is 2.87. The summed E-state index contributed by atoms with van der Waals surface area (Å²) >= 11 is 0. The average molecular weight is 346 g/mol. The number of rotatable bonds is 7. The smallest absolute Gasteiger partial charge is 0.322 e. The first-order chi connectivity index (χ1) is 12.0. The molecule has 1 aromatic heterocycles. The lowest BCUT2D eigenvalue weighted by molar-refractivity contribution is -0.116. The highest BCUT2D eigenvalue weighted by Crippen LogP contribution is 2.17. The van der Waals surface area contributed by atoms with E-state index in [-0.39, 0.29) is 18.5 Å². The van der Waals surface area contributed by atoms with Crippen molar-refractivity contribution < 1.29 is 18.8 Å². The van der Waals surface area contributed by atoms with Crippen LogP contribution in [0.1, 0.15) is 19.1 Å². The van der Waals surface area contributed by atoms with Crippen molar-refractivity contribution >= 4 is 23.4 Å². The van der Waals surface area contributed by atoms with Gasteiger partial charge in [-0.3, -0.25) is 4.79 Å². The van der Waals surface area contributed by atoms with Gasteiger partial charge in [-0.05, 0) is 25.5 Å². The zero-order valence-corrected chi connectivity index (χ0v) is 14.5. The van der Waals surface area contributed by atoms with E-state index in [0.29, 0.717) is 29.6 Å². The minimum atomic E-state index is -0.360. The summed E-state index contributed by atoms with van der Waals surface area (Å²) < 4.78 is 10.0. The molecule has 1 heterocycles. The Morgan fingerprint density at radius 1 is 1.28 bits per heavy atom. The molecule has 8 nitrogen and oxygen atoms in total. The lowest BCUT2D eigenvalue weighted by Crippen LogP contribution is -2.41. The fourth-order valence-electron chi connectivity index (χ4n) is 2.21. The number of nitrogens with zero attached hydrogens (tertiary/aromatic N) is 2. The molecule has 2 rings (SSSR count). The molecule has 1 aromatic carbocycles. The quantitative estimate of drug-likeness (QED) is 0.803. The molecule has 8 heteroatoms. The van der Waals surface area contributed by atoms with Crippen LogP contribution in [0.25, 0.3) is 0 Å². The summed E-state index contributed by atoms with van der Waals surface area (Å²) in [4.78, 5) is 26.0. The molecule has 0 bridgehead atoms. The number of aromatic nitrogens is 1. The molecule has 0 aliphatic carbocycles. The van der Waals surface area contributed by atoms with Crippen LogP contribution in [0.3, 0.4) is 0 Å². The molecule has 2 aromatic rings. The summed E-state index contributed by atoms with van der Waals surface area (Å²) in [6.45, 7) is 4.02. The summed E-state index contributed by atoms with van der Waals surface area (Å²) in [5, 5.41) is 9.07. The standard InChI is InChI=1S/C17H22N4O4/c1-4-8-21(11-16(22)19-15-9-12(2)25-20-15)17(23)18-13-6-5-7-14(10-13)24-3/h5-7,9-10H,4,8,11H2,1-3H3,(H,18,23)(H,19,20,22). The van der Waals surface area contributed by atoms with Crippen LogP contribution in [0.2, 0.25) is 0 Å². The number of benzene rings is 1. The van der Waals surface area contributed by atoms with Gasteiger partial charge in [0, 0.05) is 24.4 Å². The minimum absolute atomic E-state index is 0.0877. The molecule has 0 atom stereocenters. The Bertz CT molecular complexity index is 729. The van der Waals surface area contributed by atoms with E-state index in [1.165, 1.54) is 4.90 Å². The zero-order valence-electron chi connectivity index (χ0n) is 14.5. The number of methoxy groups -OCH3 is 1. The van der Waals surface area contributed by atoms with Crippen LogP contribution in [-0.2, 0) is 4.79 Å². The number of carbonyl (C=O) groups excluding carboxylic acids is 2. The van der Waals surface area contributed by atoms with Crippen LogP contribution in [-0.4, -0.2) is 42.2 Å². The first kappa shape index (κ1) is 18.3. The molecular weight excluding hydrogens is 324 g/mol. The second-order valence-corrected chi connectivity index (χ2v) is 5.45. The Labute approximate surface area is 146 Å². The van der Waals surface area contributed by atoms with Crippen LogP contribution < -0.4 is 15.4 Å². The Morgan fingerprint density at radius 3 is 2.72 bits per heavy atom. The van der Waals surface area contributed by atoms with Crippen molar-refractivity contribution in [3.05, 3.63) is 36.1 Å². The molecule has 0 spiro atoms. The van der Waals surface area contributed by atoms with Crippen molar-refractivity contribution in [1.82, 2.24) is 10.1 Å². The van der Waals surface area contributed by atoms with E-state index in [2.05, 4.69) is 15.8 Å². The van der Waals surface area contributed by atoms with Crippen LogP contribution in [0.15, 0.2) is 34.9 Å². The summed E-state index contributed by atoms with van der Waals surface area (Å²) in [6, 6.07) is 8.27. The van der Waals surface area contributed by atoms with E-state index in [4.69, 9.17) is 9.26 Å². The topological polar surface area (TPSA) is 96.7 Å². The fraction of sp³-hybridized carbons (Fsp3) is 0.353. The van der Waals surface area contributed by atoms with Crippen LogP contribution >= 0.6 is 0 Å². The van der Waals surface area contributed by atoms with Gasteiger partial charge in [0.05, 0.1) is 7.11 Å². The van der Waals surface area contributed by atoms with E-state index in [9.17, 15) is 9.59 Å². The maximum Gasteiger partial charge on any atom is 0.322 e. The normalized spacial score (nSPS) is 10.2. The van der Waals surface area contributed by atoms with Crippen molar-refractivity contribution in [2.75, 3.05) is 30.8 Å². The van der Waals surface area contributed by atoms with Crippen molar-refractivity contribution in [2.24, 2.45) is 0 Å². The Morgan fingerprint density at radius 2 is 2.08 bits per heavy atom. The van der Waals surface area contributed by atoms with Gasteiger partial charge in [0.2, 0.25) is 5.91 Å². The third-order valence-electron chi connectivity index (χ3n) is 3.33. The van der Waals surface area contributed by atoms with Crippen LogP contribution in [0, 0.1) is 6.92 Å². The van der Waals surface area contributed by atoms with Crippen molar-refractivity contribution in [1.29, 1.82) is 0 Å². The van der Waals surface area contributed by atoms with E-state index in [1.54, 1.807) is 44.4 Å². The second-order valence-electron chi connectivity index (χ2n) is 5.45. The molecule has 0 aliphatic heterocycles. The second kappa shape index (κ2) is 8.72. The van der Waals surface area contributed by atoms with E-state index in [0.717, 1.165) is 6.42 Å². The van der Waals surface area contributed by atoms with Gasteiger partial charge in [0.25, 0.3) is 0 Å². The molecular formula is C17H22N4O4. The molecule has 25 heavy (non-hydrogen) atoms.